The lowest BCUT2D eigenvalue weighted by molar-refractivity contribution is -0.132. The maximum Gasteiger partial charge on any atom is 0.408 e. The molecule has 1 saturated heterocycles. The van der Waals surface area contributed by atoms with E-state index < -0.39 is 41.1 Å². The van der Waals surface area contributed by atoms with Crippen molar-refractivity contribution in [2.75, 3.05) is 31.6 Å². The van der Waals surface area contributed by atoms with Gasteiger partial charge in [0.05, 0.1) is 26.1 Å². The van der Waals surface area contributed by atoms with Crippen LogP contribution in [0.15, 0.2) is 67.1 Å². The molecule has 0 aliphatic carbocycles. The Bertz CT molecular complexity index is 1560. The highest BCUT2D eigenvalue weighted by atomic mass is 16.6. The Labute approximate surface area is 287 Å². The number of amides is 4. The van der Waals surface area contributed by atoms with Crippen LogP contribution < -0.4 is 20.7 Å². The number of nitrogens with zero attached hydrogens (tertiary/aromatic N) is 3. The van der Waals surface area contributed by atoms with Gasteiger partial charge in [0.2, 0.25) is 11.8 Å². The normalized spacial score (nSPS) is 14.4. The summed E-state index contributed by atoms with van der Waals surface area (Å²) in [6.45, 7) is 12.0. The quantitative estimate of drug-likeness (QED) is 0.227. The molecule has 13 heteroatoms. The minimum atomic E-state index is -1.43. The third-order valence-electron chi connectivity index (χ3n) is 7.71. The molecule has 3 N–H and O–H groups in total. The molecule has 2 aromatic carbocycles. The fourth-order valence-corrected chi connectivity index (χ4v) is 5.23. The zero-order valence-electron chi connectivity index (χ0n) is 29.2. The molecule has 2 heterocycles. The zero-order chi connectivity index (χ0) is 35.6. The molecule has 1 aromatic heterocycles. The number of benzene rings is 2. The minimum absolute atomic E-state index is 0.0730. The Morgan fingerprint density at radius 2 is 1.61 bits per heavy atom. The van der Waals surface area contributed by atoms with Crippen molar-refractivity contribution in [2.24, 2.45) is 0 Å². The molecular weight excluding hydrogens is 628 g/mol. The second-order valence-corrected chi connectivity index (χ2v) is 13.4. The average molecular weight is 677 g/mol. The summed E-state index contributed by atoms with van der Waals surface area (Å²) >= 11 is 0. The summed E-state index contributed by atoms with van der Waals surface area (Å²) in [5, 5.41) is 8.02. The summed E-state index contributed by atoms with van der Waals surface area (Å²) in [5.41, 5.74) is -0.557. The highest BCUT2D eigenvalue weighted by Gasteiger charge is 2.35. The number of alkyl carbamates (subject to hydrolysis) is 1. The van der Waals surface area contributed by atoms with Crippen molar-refractivity contribution < 1.29 is 33.4 Å². The van der Waals surface area contributed by atoms with Gasteiger partial charge in [-0.3, -0.25) is 14.4 Å². The van der Waals surface area contributed by atoms with Crippen LogP contribution in [0, 0.1) is 0 Å². The van der Waals surface area contributed by atoms with Gasteiger partial charge < -0.3 is 39.6 Å². The third-order valence-corrected chi connectivity index (χ3v) is 7.71. The van der Waals surface area contributed by atoms with Crippen LogP contribution in [0.25, 0.3) is 0 Å². The van der Waals surface area contributed by atoms with E-state index in [1.807, 2.05) is 66.4 Å². The molecule has 1 aliphatic heterocycles. The molecule has 2 unspecified atom stereocenters. The van der Waals surface area contributed by atoms with Crippen molar-refractivity contribution in [3.05, 3.63) is 78.2 Å². The van der Waals surface area contributed by atoms with Gasteiger partial charge in [0.15, 0.2) is 5.82 Å². The van der Waals surface area contributed by atoms with E-state index >= 15 is 0 Å². The Hall–Kier alpha value is -4.91. The Morgan fingerprint density at radius 1 is 0.939 bits per heavy atom. The van der Waals surface area contributed by atoms with E-state index in [2.05, 4.69) is 20.9 Å². The summed E-state index contributed by atoms with van der Waals surface area (Å²) in [7, 11) is 0. The van der Waals surface area contributed by atoms with Crippen molar-refractivity contribution in [1.82, 2.24) is 25.1 Å². The molecule has 1 aliphatic rings. The SMILES string of the molecule is CCOc1ccc(C(C(=O)N2CCCC2)n2cnc(NC(=O)C(COCc3ccccc3)NC(=O)C(C)(C)NC(=O)OC(C)(C)C)c2)cc1. The van der Waals surface area contributed by atoms with Crippen LogP contribution in [0.4, 0.5) is 10.6 Å². The topological polar surface area (TPSA) is 153 Å². The number of ether oxygens (including phenoxy) is 3. The second kappa shape index (κ2) is 16.5. The van der Waals surface area contributed by atoms with Crippen molar-refractivity contribution in [2.45, 2.75) is 84.2 Å². The molecule has 4 amide bonds. The lowest BCUT2D eigenvalue weighted by Crippen LogP contribution is -2.59. The first kappa shape index (κ1) is 36.9. The monoisotopic (exact) mass is 676 g/mol. The predicted molar refractivity (Wildman–Crippen MR) is 184 cm³/mol. The zero-order valence-corrected chi connectivity index (χ0v) is 29.2. The van der Waals surface area contributed by atoms with E-state index in [9.17, 15) is 19.2 Å². The first-order valence-electron chi connectivity index (χ1n) is 16.6. The molecule has 2 atom stereocenters. The third kappa shape index (κ3) is 10.8. The summed E-state index contributed by atoms with van der Waals surface area (Å²) in [6.07, 6.45) is 4.19. The van der Waals surface area contributed by atoms with Gasteiger partial charge in [0, 0.05) is 19.3 Å². The summed E-state index contributed by atoms with van der Waals surface area (Å²) in [4.78, 5) is 59.5. The Morgan fingerprint density at radius 3 is 2.24 bits per heavy atom. The number of hydrogen-bond acceptors (Lipinski definition) is 8. The molecule has 13 nitrogen and oxygen atoms in total. The van der Waals surface area contributed by atoms with Gasteiger partial charge in [-0.1, -0.05) is 42.5 Å². The molecule has 0 bridgehead atoms. The number of nitrogens with one attached hydrogen (secondary N) is 3. The van der Waals surface area contributed by atoms with Crippen molar-refractivity contribution in [1.29, 1.82) is 0 Å². The lowest BCUT2D eigenvalue weighted by Gasteiger charge is -2.29. The summed E-state index contributed by atoms with van der Waals surface area (Å²) in [6, 6.07) is 14.9. The van der Waals surface area contributed by atoms with E-state index in [0.717, 1.165) is 24.0 Å². The Kier molecular flexibility index (Phi) is 12.4. The number of hydrogen-bond donors (Lipinski definition) is 3. The van der Waals surface area contributed by atoms with Crippen LogP contribution in [0.3, 0.4) is 0 Å². The van der Waals surface area contributed by atoms with E-state index in [0.29, 0.717) is 25.4 Å². The molecular formula is C36H48N6O7. The fourth-order valence-electron chi connectivity index (χ4n) is 5.23. The summed E-state index contributed by atoms with van der Waals surface area (Å²) in [5.74, 6) is -0.411. The molecule has 0 spiro atoms. The van der Waals surface area contributed by atoms with Crippen LogP contribution >= 0.6 is 0 Å². The van der Waals surface area contributed by atoms with Crippen LogP contribution in [0.2, 0.25) is 0 Å². The number of aromatic nitrogens is 2. The van der Waals surface area contributed by atoms with E-state index in [1.54, 1.807) is 31.5 Å². The molecule has 0 saturated carbocycles. The van der Waals surface area contributed by atoms with Crippen LogP contribution in [0.1, 0.15) is 71.6 Å². The van der Waals surface area contributed by atoms with Gasteiger partial charge in [0.25, 0.3) is 5.91 Å². The van der Waals surface area contributed by atoms with E-state index in [1.165, 1.54) is 20.2 Å². The number of likely N-dealkylation sites (tertiary alicyclic amines) is 1. The largest absolute Gasteiger partial charge is 0.494 e. The fraction of sp³-hybridized carbons (Fsp3) is 0.472. The van der Waals surface area contributed by atoms with Crippen molar-refractivity contribution in [3.63, 3.8) is 0 Å². The molecule has 3 aromatic rings. The number of anilines is 1. The first-order valence-corrected chi connectivity index (χ1v) is 16.6. The smallest absolute Gasteiger partial charge is 0.408 e. The number of carbonyl (C=O) groups is 4. The summed E-state index contributed by atoms with van der Waals surface area (Å²) < 4.78 is 18.4. The average Bonchev–Trinajstić information content (AvgIpc) is 3.74. The van der Waals surface area contributed by atoms with Crippen LogP contribution in [0.5, 0.6) is 5.75 Å². The van der Waals surface area contributed by atoms with Gasteiger partial charge in [-0.15, -0.1) is 0 Å². The van der Waals surface area contributed by atoms with Gasteiger partial charge in [-0.05, 0) is 77.6 Å². The maximum absolute atomic E-state index is 13.8. The number of rotatable bonds is 14. The van der Waals surface area contributed by atoms with Gasteiger partial charge in [-0.2, -0.15) is 0 Å². The van der Waals surface area contributed by atoms with Gasteiger partial charge in [-0.25, -0.2) is 9.78 Å². The van der Waals surface area contributed by atoms with Crippen LogP contribution in [-0.4, -0.2) is 81.8 Å². The van der Waals surface area contributed by atoms with Crippen LogP contribution in [-0.2, 0) is 30.5 Å². The molecule has 4 rings (SSSR count). The molecule has 264 valence electrons. The highest BCUT2D eigenvalue weighted by molar-refractivity contribution is 5.98. The van der Waals surface area contributed by atoms with Gasteiger partial charge >= 0.3 is 6.09 Å². The lowest BCUT2D eigenvalue weighted by atomic mass is 10.0. The first-order chi connectivity index (χ1) is 23.3. The van der Waals surface area contributed by atoms with E-state index in [4.69, 9.17) is 14.2 Å². The minimum Gasteiger partial charge on any atom is -0.494 e. The standard InChI is InChI=1S/C36H48N6O7/c1-7-48-27-17-15-26(16-18-27)30(32(44)41-19-11-12-20-41)42-21-29(37-24-42)39-31(43)28(23-47-22-25-13-9-8-10-14-25)38-33(45)36(5,6)40-34(46)49-35(2,3)4/h8-10,13-18,21,24,28,30H,7,11-12,19-20,22-23H2,1-6H3,(H,38,45)(H,39,43)(H,40,46). The maximum atomic E-state index is 13.8. The highest BCUT2D eigenvalue weighted by Crippen LogP contribution is 2.26. The second-order valence-electron chi connectivity index (χ2n) is 13.4. The molecule has 1 fully saturated rings. The van der Waals surface area contributed by atoms with Crippen molar-refractivity contribution >= 4 is 29.6 Å². The number of imidazole rings is 1. The Balaban J connectivity index is 1.52. The number of carbonyl (C=O) groups excluding carboxylic acids is 4. The predicted octanol–water partition coefficient (Wildman–Crippen LogP) is 4.44. The van der Waals surface area contributed by atoms with Gasteiger partial charge in [0.1, 0.15) is 29.0 Å². The van der Waals surface area contributed by atoms with E-state index in [-0.39, 0.29) is 24.9 Å². The molecule has 0 radical (unpaired) electrons. The molecule has 49 heavy (non-hydrogen) atoms. The van der Waals surface area contributed by atoms with Crippen molar-refractivity contribution in [3.8, 4) is 5.75 Å².